The molecule has 1 heteroatoms. The summed E-state index contributed by atoms with van der Waals surface area (Å²) < 4.78 is 0. The minimum Gasteiger partial charge on any atom is -0.293 e. The molecule has 0 aromatic heterocycles. The van der Waals surface area contributed by atoms with Crippen molar-refractivity contribution < 1.29 is 4.79 Å². The first-order chi connectivity index (χ1) is 10.2. The van der Waals surface area contributed by atoms with Crippen LogP contribution < -0.4 is 0 Å². The minimum atomic E-state index is -0.252. The molecule has 0 amide bonds. The summed E-state index contributed by atoms with van der Waals surface area (Å²) in [6.07, 6.45) is 3.85. The van der Waals surface area contributed by atoms with Gasteiger partial charge in [-0.25, -0.2) is 0 Å². The van der Waals surface area contributed by atoms with Crippen LogP contribution in [0, 0.1) is 0 Å². The largest absolute Gasteiger partial charge is 0.293 e. The van der Waals surface area contributed by atoms with Gasteiger partial charge in [0, 0.05) is 5.56 Å². The monoisotopic (exact) mass is 278 g/mol. The van der Waals surface area contributed by atoms with Crippen LogP contribution in [0.15, 0.2) is 48.5 Å². The molecule has 1 saturated carbocycles. The molecule has 0 heterocycles. The van der Waals surface area contributed by atoms with Crippen molar-refractivity contribution in [3.8, 4) is 0 Å². The fraction of sp³-hybridized carbons (Fsp3) is 0.350. The zero-order valence-electron chi connectivity index (χ0n) is 12.9. The number of carbonyl (C=O) groups excluding carboxylic acids is 1. The Bertz CT molecular complexity index is 651. The van der Waals surface area contributed by atoms with E-state index in [2.05, 4.69) is 44.2 Å². The molecule has 0 atom stereocenters. The van der Waals surface area contributed by atoms with Crippen LogP contribution in [0.4, 0.5) is 0 Å². The van der Waals surface area contributed by atoms with E-state index in [9.17, 15) is 4.79 Å². The van der Waals surface area contributed by atoms with Gasteiger partial charge in [-0.05, 0) is 48.4 Å². The second-order valence-corrected chi connectivity index (χ2v) is 5.98. The lowest BCUT2D eigenvalue weighted by molar-refractivity contribution is 0.0945. The SMILES string of the molecule is CCc1ccc(CC)c(C(=O)C2(c3ccccc3)CC2)c1. The van der Waals surface area contributed by atoms with Crippen LogP contribution in [-0.2, 0) is 18.3 Å². The summed E-state index contributed by atoms with van der Waals surface area (Å²) in [7, 11) is 0. The number of aryl methyl sites for hydroxylation is 2. The van der Waals surface area contributed by atoms with Crippen LogP contribution >= 0.6 is 0 Å². The number of ketones is 1. The van der Waals surface area contributed by atoms with Gasteiger partial charge < -0.3 is 0 Å². The second-order valence-electron chi connectivity index (χ2n) is 5.98. The van der Waals surface area contributed by atoms with Gasteiger partial charge in [-0.2, -0.15) is 0 Å². The maximum Gasteiger partial charge on any atom is 0.173 e. The van der Waals surface area contributed by atoms with Crippen molar-refractivity contribution in [3.05, 3.63) is 70.8 Å². The predicted molar refractivity (Wildman–Crippen MR) is 86.9 cm³/mol. The first-order valence-corrected chi connectivity index (χ1v) is 7.93. The van der Waals surface area contributed by atoms with Gasteiger partial charge in [-0.3, -0.25) is 4.79 Å². The molecule has 1 aliphatic carbocycles. The number of Topliss-reactive ketones (excluding diaryl/α,β-unsaturated/α-hetero) is 1. The number of hydrogen-bond acceptors (Lipinski definition) is 1. The zero-order chi connectivity index (χ0) is 14.9. The molecule has 0 N–H and O–H groups in total. The van der Waals surface area contributed by atoms with E-state index in [0.29, 0.717) is 5.78 Å². The Kier molecular flexibility index (Phi) is 3.67. The summed E-state index contributed by atoms with van der Waals surface area (Å²) in [5.41, 5.74) is 4.30. The molecule has 3 rings (SSSR count). The molecule has 1 aliphatic rings. The molecule has 1 nitrogen and oxygen atoms in total. The van der Waals surface area contributed by atoms with Crippen LogP contribution in [-0.4, -0.2) is 5.78 Å². The van der Waals surface area contributed by atoms with Crippen LogP contribution in [0.5, 0.6) is 0 Å². The maximum absolute atomic E-state index is 13.2. The van der Waals surface area contributed by atoms with E-state index < -0.39 is 0 Å². The van der Waals surface area contributed by atoms with Gasteiger partial charge in [0.15, 0.2) is 5.78 Å². The Morgan fingerprint density at radius 1 is 1.00 bits per heavy atom. The van der Waals surface area contributed by atoms with E-state index >= 15 is 0 Å². The molecular formula is C20H22O. The summed E-state index contributed by atoms with van der Waals surface area (Å²) in [6, 6.07) is 16.7. The predicted octanol–water partition coefficient (Wildman–Crippen LogP) is 4.73. The highest BCUT2D eigenvalue weighted by atomic mass is 16.1. The Labute approximate surface area is 127 Å². The van der Waals surface area contributed by atoms with E-state index in [1.807, 2.05) is 18.2 Å². The molecule has 0 bridgehead atoms. The third-order valence-electron chi connectivity index (χ3n) is 4.72. The second kappa shape index (κ2) is 5.48. The van der Waals surface area contributed by atoms with E-state index in [0.717, 1.165) is 31.2 Å². The number of rotatable bonds is 5. The molecule has 1 fully saturated rings. The standard InChI is InChI=1S/C20H22O/c1-3-15-10-11-16(4-2)18(14-15)19(21)20(12-13-20)17-8-6-5-7-9-17/h5-11,14H,3-4,12-13H2,1-2H3. The Morgan fingerprint density at radius 2 is 1.71 bits per heavy atom. The van der Waals surface area contributed by atoms with Gasteiger partial charge in [0.2, 0.25) is 0 Å². The molecule has 108 valence electrons. The fourth-order valence-electron chi connectivity index (χ4n) is 3.15. The lowest BCUT2D eigenvalue weighted by Crippen LogP contribution is -2.22. The molecule has 0 spiro atoms. The van der Waals surface area contributed by atoms with Crippen molar-refractivity contribution in [2.24, 2.45) is 0 Å². The highest BCUT2D eigenvalue weighted by Crippen LogP contribution is 2.50. The quantitative estimate of drug-likeness (QED) is 0.723. The van der Waals surface area contributed by atoms with Gasteiger partial charge in [-0.15, -0.1) is 0 Å². The third-order valence-corrected chi connectivity index (χ3v) is 4.72. The first-order valence-electron chi connectivity index (χ1n) is 7.93. The molecule has 0 aliphatic heterocycles. The average molecular weight is 278 g/mol. The van der Waals surface area contributed by atoms with E-state index in [4.69, 9.17) is 0 Å². The molecule has 21 heavy (non-hydrogen) atoms. The fourth-order valence-corrected chi connectivity index (χ4v) is 3.15. The summed E-state index contributed by atoms with van der Waals surface area (Å²) in [4.78, 5) is 13.2. The van der Waals surface area contributed by atoms with Crippen molar-refractivity contribution in [1.29, 1.82) is 0 Å². The molecule has 2 aromatic carbocycles. The maximum atomic E-state index is 13.2. The van der Waals surface area contributed by atoms with Crippen molar-refractivity contribution >= 4 is 5.78 Å². The Morgan fingerprint density at radius 3 is 2.29 bits per heavy atom. The van der Waals surface area contributed by atoms with Crippen molar-refractivity contribution in [3.63, 3.8) is 0 Å². The van der Waals surface area contributed by atoms with Gasteiger partial charge in [-0.1, -0.05) is 56.3 Å². The summed E-state index contributed by atoms with van der Waals surface area (Å²) in [5, 5.41) is 0. The van der Waals surface area contributed by atoms with Gasteiger partial charge in [0.1, 0.15) is 0 Å². The summed E-state index contributed by atoms with van der Waals surface area (Å²) in [6.45, 7) is 4.26. The van der Waals surface area contributed by atoms with Crippen LogP contribution in [0.2, 0.25) is 0 Å². The number of carbonyl (C=O) groups is 1. The Hall–Kier alpha value is -1.89. The normalized spacial score (nSPS) is 15.7. The number of benzene rings is 2. The lowest BCUT2D eigenvalue weighted by Gasteiger charge is -2.17. The van der Waals surface area contributed by atoms with Gasteiger partial charge >= 0.3 is 0 Å². The van der Waals surface area contributed by atoms with Crippen LogP contribution in [0.3, 0.4) is 0 Å². The Balaban J connectivity index is 2.03. The summed E-state index contributed by atoms with van der Waals surface area (Å²) >= 11 is 0. The molecule has 0 radical (unpaired) electrons. The van der Waals surface area contributed by atoms with E-state index in [-0.39, 0.29) is 5.41 Å². The molecule has 0 unspecified atom stereocenters. The summed E-state index contributed by atoms with van der Waals surface area (Å²) in [5.74, 6) is 0.320. The molecule has 0 saturated heterocycles. The molecular weight excluding hydrogens is 256 g/mol. The highest BCUT2D eigenvalue weighted by Gasteiger charge is 2.51. The van der Waals surface area contributed by atoms with Gasteiger partial charge in [0.25, 0.3) is 0 Å². The van der Waals surface area contributed by atoms with Gasteiger partial charge in [0.05, 0.1) is 5.41 Å². The lowest BCUT2D eigenvalue weighted by atomic mass is 9.84. The number of hydrogen-bond donors (Lipinski definition) is 0. The topological polar surface area (TPSA) is 17.1 Å². The third kappa shape index (κ3) is 2.42. The van der Waals surface area contributed by atoms with E-state index in [1.165, 1.54) is 16.7 Å². The highest BCUT2D eigenvalue weighted by molar-refractivity contribution is 6.07. The van der Waals surface area contributed by atoms with Crippen molar-refractivity contribution in [2.75, 3.05) is 0 Å². The van der Waals surface area contributed by atoms with Crippen LogP contribution in [0.1, 0.15) is 53.7 Å². The van der Waals surface area contributed by atoms with Crippen molar-refractivity contribution in [1.82, 2.24) is 0 Å². The zero-order valence-corrected chi connectivity index (χ0v) is 12.9. The van der Waals surface area contributed by atoms with Crippen LogP contribution in [0.25, 0.3) is 0 Å². The van der Waals surface area contributed by atoms with Crippen molar-refractivity contribution in [2.45, 2.75) is 44.9 Å². The minimum absolute atomic E-state index is 0.252. The van der Waals surface area contributed by atoms with E-state index in [1.54, 1.807) is 0 Å². The average Bonchev–Trinajstić information content (AvgIpc) is 3.36. The molecule has 2 aromatic rings. The smallest absolute Gasteiger partial charge is 0.173 e. The first kappa shape index (κ1) is 14.1.